The summed E-state index contributed by atoms with van der Waals surface area (Å²) in [6, 6.07) is 22.0. The van der Waals surface area contributed by atoms with Crippen LogP contribution in [0, 0.1) is 24.1 Å². The Kier molecular flexibility index (Phi) is 6.05. The number of hydrogen-bond acceptors (Lipinski definition) is 2. The molecule has 0 aliphatic carbocycles. The van der Waals surface area contributed by atoms with E-state index < -0.39 is 0 Å². The van der Waals surface area contributed by atoms with Gasteiger partial charge < -0.3 is 4.74 Å². The normalized spacial score (nSPS) is 11.1. The van der Waals surface area contributed by atoms with E-state index in [9.17, 15) is 9.65 Å². The molecule has 3 rings (SSSR count). The maximum atomic E-state index is 13.2. The summed E-state index contributed by atoms with van der Waals surface area (Å²) in [5, 5.41) is 9.48. The van der Waals surface area contributed by atoms with Gasteiger partial charge in [-0.05, 0) is 69.9 Å². The first-order valence-electron chi connectivity index (χ1n) is 8.41. The van der Waals surface area contributed by atoms with E-state index in [0.29, 0.717) is 11.3 Å². The zero-order chi connectivity index (χ0) is 19.2. The Hall–Kier alpha value is -2.90. The fraction of sp³-hybridized carbons (Fsp3) is 0.0870. The molecule has 3 aromatic carbocycles. The number of hydrogen-bond donors (Lipinski definition) is 0. The lowest BCUT2D eigenvalue weighted by atomic mass is 10.0. The third kappa shape index (κ3) is 5.06. The summed E-state index contributed by atoms with van der Waals surface area (Å²) in [6.07, 6.45) is 1.84. The lowest BCUT2D eigenvalue weighted by Crippen LogP contribution is -1.96. The number of ether oxygens (including phenoxy) is 1. The molecule has 0 spiro atoms. The highest BCUT2D eigenvalue weighted by molar-refractivity contribution is 9.10. The van der Waals surface area contributed by atoms with E-state index in [1.54, 1.807) is 6.07 Å². The largest absolute Gasteiger partial charge is 0.488 e. The number of benzene rings is 3. The first-order valence-corrected chi connectivity index (χ1v) is 9.20. The van der Waals surface area contributed by atoms with E-state index in [1.807, 2.05) is 61.5 Å². The zero-order valence-corrected chi connectivity index (χ0v) is 16.3. The van der Waals surface area contributed by atoms with Crippen molar-refractivity contribution in [1.29, 1.82) is 5.26 Å². The highest BCUT2D eigenvalue weighted by Crippen LogP contribution is 2.29. The molecule has 0 aromatic heterocycles. The standard InChI is InChI=1S/C23H17BrFNO/c1-16-5-8-19(9-6-16)20(14-26)11-17-7-10-23(22(24)13-17)27-15-18-3-2-4-21(25)12-18/h2-13H,15H2,1H3/b20-11-. The van der Waals surface area contributed by atoms with Crippen molar-refractivity contribution in [2.75, 3.05) is 0 Å². The molecule has 0 aliphatic rings. The Morgan fingerprint density at radius 1 is 1.11 bits per heavy atom. The van der Waals surface area contributed by atoms with Gasteiger partial charge in [-0.1, -0.05) is 48.0 Å². The third-order valence-electron chi connectivity index (χ3n) is 4.03. The molecule has 27 heavy (non-hydrogen) atoms. The quantitative estimate of drug-likeness (QED) is 0.346. The number of rotatable bonds is 5. The number of aryl methyl sites for hydroxylation is 1. The lowest BCUT2D eigenvalue weighted by Gasteiger charge is -2.09. The van der Waals surface area contributed by atoms with Crippen LogP contribution in [0.15, 0.2) is 71.2 Å². The molecule has 2 nitrogen and oxygen atoms in total. The maximum absolute atomic E-state index is 13.2. The minimum absolute atomic E-state index is 0.276. The molecule has 3 aromatic rings. The smallest absolute Gasteiger partial charge is 0.134 e. The van der Waals surface area contributed by atoms with Crippen LogP contribution < -0.4 is 4.74 Å². The van der Waals surface area contributed by atoms with Gasteiger partial charge in [-0.25, -0.2) is 4.39 Å². The van der Waals surface area contributed by atoms with Crippen molar-refractivity contribution in [3.05, 3.63) is 99.3 Å². The van der Waals surface area contributed by atoms with Crippen molar-refractivity contribution < 1.29 is 9.13 Å². The fourth-order valence-corrected chi connectivity index (χ4v) is 3.10. The van der Waals surface area contributed by atoms with E-state index in [1.165, 1.54) is 12.1 Å². The van der Waals surface area contributed by atoms with Gasteiger partial charge in [-0.2, -0.15) is 5.26 Å². The summed E-state index contributed by atoms with van der Waals surface area (Å²) in [7, 11) is 0. The number of allylic oxidation sites excluding steroid dienone is 1. The Morgan fingerprint density at radius 3 is 2.56 bits per heavy atom. The molecule has 0 N–H and O–H groups in total. The van der Waals surface area contributed by atoms with Crippen molar-refractivity contribution in [3.8, 4) is 11.8 Å². The Morgan fingerprint density at radius 2 is 1.89 bits per heavy atom. The zero-order valence-electron chi connectivity index (χ0n) is 14.7. The van der Waals surface area contributed by atoms with Crippen molar-refractivity contribution in [2.45, 2.75) is 13.5 Å². The summed E-state index contributed by atoms with van der Waals surface area (Å²) in [6.45, 7) is 2.29. The van der Waals surface area contributed by atoms with Gasteiger partial charge in [0.05, 0.1) is 16.1 Å². The van der Waals surface area contributed by atoms with E-state index >= 15 is 0 Å². The maximum Gasteiger partial charge on any atom is 0.134 e. The second kappa shape index (κ2) is 8.66. The molecule has 0 bridgehead atoms. The van der Waals surface area contributed by atoms with Crippen LogP contribution in [-0.2, 0) is 6.61 Å². The van der Waals surface area contributed by atoms with E-state index in [0.717, 1.165) is 26.7 Å². The van der Waals surface area contributed by atoms with Gasteiger partial charge in [0.25, 0.3) is 0 Å². The van der Waals surface area contributed by atoms with Crippen LogP contribution in [0.1, 0.15) is 22.3 Å². The summed E-state index contributed by atoms with van der Waals surface area (Å²) < 4.78 is 19.8. The van der Waals surface area contributed by atoms with Crippen molar-refractivity contribution in [2.24, 2.45) is 0 Å². The second-order valence-corrected chi connectivity index (χ2v) is 7.00. The molecule has 0 heterocycles. The highest BCUT2D eigenvalue weighted by atomic mass is 79.9. The van der Waals surface area contributed by atoms with Gasteiger partial charge in [0.1, 0.15) is 18.2 Å². The van der Waals surface area contributed by atoms with Gasteiger partial charge in [0.2, 0.25) is 0 Å². The Balaban J connectivity index is 1.77. The molecular formula is C23H17BrFNO. The summed E-state index contributed by atoms with van der Waals surface area (Å²) in [5.41, 5.74) is 4.27. The average molecular weight is 422 g/mol. The molecule has 0 radical (unpaired) electrons. The summed E-state index contributed by atoms with van der Waals surface area (Å²) in [5.74, 6) is 0.376. The van der Waals surface area contributed by atoms with Crippen molar-refractivity contribution in [3.63, 3.8) is 0 Å². The van der Waals surface area contributed by atoms with Crippen LogP contribution in [-0.4, -0.2) is 0 Å². The van der Waals surface area contributed by atoms with Crippen LogP contribution in [0.5, 0.6) is 5.75 Å². The van der Waals surface area contributed by atoms with Crippen LogP contribution in [0.4, 0.5) is 4.39 Å². The molecule has 0 amide bonds. The Labute approximate surface area is 166 Å². The average Bonchev–Trinajstić information content (AvgIpc) is 2.66. The lowest BCUT2D eigenvalue weighted by molar-refractivity contribution is 0.303. The summed E-state index contributed by atoms with van der Waals surface area (Å²) in [4.78, 5) is 0. The minimum Gasteiger partial charge on any atom is -0.488 e. The molecule has 0 aliphatic heterocycles. The second-order valence-electron chi connectivity index (χ2n) is 6.14. The first-order chi connectivity index (χ1) is 13.0. The van der Waals surface area contributed by atoms with Crippen LogP contribution in [0.2, 0.25) is 0 Å². The molecule has 0 atom stereocenters. The van der Waals surface area contributed by atoms with E-state index in [4.69, 9.17) is 4.74 Å². The highest BCUT2D eigenvalue weighted by Gasteiger charge is 2.06. The van der Waals surface area contributed by atoms with E-state index in [2.05, 4.69) is 22.0 Å². The van der Waals surface area contributed by atoms with Crippen LogP contribution in [0.25, 0.3) is 11.6 Å². The van der Waals surface area contributed by atoms with Gasteiger partial charge in [-0.15, -0.1) is 0 Å². The van der Waals surface area contributed by atoms with E-state index in [-0.39, 0.29) is 12.4 Å². The van der Waals surface area contributed by atoms with Gasteiger partial charge in [-0.3, -0.25) is 0 Å². The number of nitrogens with zero attached hydrogens (tertiary/aromatic N) is 1. The summed E-state index contributed by atoms with van der Waals surface area (Å²) >= 11 is 3.50. The molecule has 134 valence electrons. The monoisotopic (exact) mass is 421 g/mol. The van der Waals surface area contributed by atoms with Crippen LogP contribution in [0.3, 0.4) is 0 Å². The molecule has 4 heteroatoms. The topological polar surface area (TPSA) is 33.0 Å². The minimum atomic E-state index is -0.282. The number of halogens is 2. The Bertz CT molecular complexity index is 1020. The van der Waals surface area contributed by atoms with Crippen molar-refractivity contribution in [1.82, 2.24) is 0 Å². The third-order valence-corrected chi connectivity index (χ3v) is 4.65. The predicted octanol–water partition coefficient (Wildman–Crippen LogP) is 6.54. The van der Waals surface area contributed by atoms with Gasteiger partial charge in [0, 0.05) is 0 Å². The molecule has 0 fully saturated rings. The van der Waals surface area contributed by atoms with Crippen LogP contribution >= 0.6 is 15.9 Å². The van der Waals surface area contributed by atoms with Crippen molar-refractivity contribution >= 4 is 27.6 Å². The number of nitriles is 1. The SMILES string of the molecule is Cc1ccc(/C(C#N)=C\c2ccc(OCc3cccc(F)c3)c(Br)c2)cc1. The fourth-order valence-electron chi connectivity index (χ4n) is 2.59. The molecule has 0 saturated heterocycles. The molecule has 0 saturated carbocycles. The van der Waals surface area contributed by atoms with Gasteiger partial charge in [0.15, 0.2) is 0 Å². The molecular weight excluding hydrogens is 405 g/mol. The first kappa shape index (κ1) is 18.9. The van der Waals surface area contributed by atoms with Gasteiger partial charge >= 0.3 is 0 Å². The molecule has 0 unspecified atom stereocenters. The predicted molar refractivity (Wildman–Crippen MR) is 110 cm³/mol.